The fraction of sp³-hybridized carbons (Fsp3) is 0.292. The van der Waals surface area contributed by atoms with Crippen LogP contribution < -0.4 is 16.1 Å². The quantitative estimate of drug-likeness (QED) is 0.493. The topological polar surface area (TPSA) is 89.4 Å². The Morgan fingerprint density at radius 1 is 1.06 bits per heavy atom. The molecular formula is C24H27N3O4S. The molecule has 2 heterocycles. The van der Waals surface area contributed by atoms with Crippen LogP contribution in [0, 0.1) is 0 Å². The zero-order valence-electron chi connectivity index (χ0n) is 18.2. The minimum atomic E-state index is -0.595. The monoisotopic (exact) mass is 453 g/mol. The predicted molar refractivity (Wildman–Crippen MR) is 125 cm³/mol. The van der Waals surface area contributed by atoms with Crippen LogP contribution in [0.2, 0.25) is 0 Å². The van der Waals surface area contributed by atoms with Crippen LogP contribution in [0.1, 0.15) is 50.5 Å². The van der Waals surface area contributed by atoms with Crippen molar-refractivity contribution in [3.05, 3.63) is 92.0 Å². The van der Waals surface area contributed by atoms with Gasteiger partial charge in [-0.3, -0.25) is 14.4 Å². The van der Waals surface area contributed by atoms with Crippen LogP contribution in [0.5, 0.6) is 0 Å². The van der Waals surface area contributed by atoms with Crippen molar-refractivity contribution in [2.75, 3.05) is 13.7 Å². The molecule has 2 aromatic heterocycles. The third-order valence-electron chi connectivity index (χ3n) is 5.02. The highest BCUT2D eigenvalue weighted by molar-refractivity contribution is 7.10. The van der Waals surface area contributed by atoms with Crippen molar-refractivity contribution >= 4 is 23.2 Å². The van der Waals surface area contributed by atoms with Gasteiger partial charge in [-0.1, -0.05) is 43.3 Å². The van der Waals surface area contributed by atoms with E-state index in [4.69, 9.17) is 4.74 Å². The Labute approximate surface area is 191 Å². The Morgan fingerprint density at radius 3 is 2.41 bits per heavy atom. The van der Waals surface area contributed by atoms with E-state index in [9.17, 15) is 14.4 Å². The van der Waals surface area contributed by atoms with E-state index in [0.29, 0.717) is 19.6 Å². The molecule has 0 saturated heterocycles. The number of carbonyl (C=O) groups excluding carboxylic acids is 2. The fourth-order valence-electron chi connectivity index (χ4n) is 3.25. The summed E-state index contributed by atoms with van der Waals surface area (Å²) in [7, 11) is 1.57. The number of carbonyl (C=O) groups is 2. The Balaban J connectivity index is 1.86. The average molecular weight is 454 g/mol. The molecule has 3 aromatic rings. The molecule has 0 aliphatic rings. The Bertz CT molecular complexity index is 1090. The maximum Gasteiger partial charge on any atom is 0.257 e. The smallest absolute Gasteiger partial charge is 0.257 e. The first-order valence-electron chi connectivity index (χ1n) is 10.4. The van der Waals surface area contributed by atoms with Crippen molar-refractivity contribution in [1.29, 1.82) is 0 Å². The van der Waals surface area contributed by atoms with Crippen LogP contribution in [0.25, 0.3) is 0 Å². The SMILES string of the molecule is CCC(NC(=O)c1cn(CCOC)cc(C(=O)NCc2ccccc2)c1=O)c1cccs1. The van der Waals surface area contributed by atoms with Crippen molar-refractivity contribution in [3.8, 4) is 0 Å². The maximum atomic E-state index is 13.1. The van der Waals surface area contributed by atoms with Gasteiger partial charge in [0, 0.05) is 37.5 Å². The summed E-state index contributed by atoms with van der Waals surface area (Å²) in [5.74, 6) is -1.02. The molecule has 0 aliphatic heterocycles. The Morgan fingerprint density at radius 2 is 1.78 bits per heavy atom. The van der Waals surface area contributed by atoms with Gasteiger partial charge in [-0.05, 0) is 23.4 Å². The second kappa shape index (κ2) is 11.4. The van der Waals surface area contributed by atoms with Crippen LogP contribution >= 0.6 is 11.3 Å². The number of rotatable bonds is 10. The first-order chi connectivity index (χ1) is 15.5. The van der Waals surface area contributed by atoms with Crippen LogP contribution in [0.15, 0.2) is 65.0 Å². The summed E-state index contributed by atoms with van der Waals surface area (Å²) in [6, 6.07) is 13.1. The third-order valence-corrected chi connectivity index (χ3v) is 6.00. The highest BCUT2D eigenvalue weighted by Gasteiger charge is 2.22. The van der Waals surface area contributed by atoms with E-state index < -0.39 is 17.2 Å². The first-order valence-corrected chi connectivity index (χ1v) is 11.3. The molecule has 2 amide bonds. The van der Waals surface area contributed by atoms with E-state index in [1.807, 2.05) is 54.8 Å². The summed E-state index contributed by atoms with van der Waals surface area (Å²) >= 11 is 1.55. The lowest BCUT2D eigenvalue weighted by molar-refractivity contribution is 0.0933. The molecule has 1 aromatic carbocycles. The summed E-state index contributed by atoms with van der Waals surface area (Å²) in [5, 5.41) is 7.64. The molecule has 0 bridgehead atoms. The number of benzene rings is 1. The molecule has 0 spiro atoms. The zero-order chi connectivity index (χ0) is 22.9. The summed E-state index contributed by atoms with van der Waals surface area (Å²) in [6.07, 6.45) is 3.63. The molecular weight excluding hydrogens is 426 g/mol. The molecule has 1 atom stereocenters. The lowest BCUT2D eigenvalue weighted by Crippen LogP contribution is -2.36. The van der Waals surface area contributed by atoms with Crippen molar-refractivity contribution in [3.63, 3.8) is 0 Å². The van der Waals surface area contributed by atoms with Crippen molar-refractivity contribution in [2.24, 2.45) is 0 Å². The number of aromatic nitrogens is 1. The van der Waals surface area contributed by atoms with Crippen molar-refractivity contribution in [1.82, 2.24) is 15.2 Å². The van der Waals surface area contributed by atoms with Gasteiger partial charge in [0.1, 0.15) is 11.1 Å². The Kier molecular flexibility index (Phi) is 8.35. The molecule has 32 heavy (non-hydrogen) atoms. The second-order valence-corrected chi connectivity index (χ2v) is 8.24. The lowest BCUT2D eigenvalue weighted by Gasteiger charge is -2.17. The van der Waals surface area contributed by atoms with Crippen molar-refractivity contribution < 1.29 is 14.3 Å². The van der Waals surface area contributed by atoms with Crippen LogP contribution in [-0.2, 0) is 17.8 Å². The summed E-state index contributed by atoms with van der Waals surface area (Å²) in [5.41, 5.74) is 0.177. The number of thiophene rings is 1. The van der Waals surface area contributed by atoms with Crippen LogP contribution in [-0.4, -0.2) is 30.1 Å². The molecule has 168 valence electrons. The van der Waals surface area contributed by atoms with Gasteiger partial charge >= 0.3 is 0 Å². The highest BCUT2D eigenvalue weighted by Crippen LogP contribution is 2.22. The molecule has 2 N–H and O–H groups in total. The average Bonchev–Trinajstić information content (AvgIpc) is 3.35. The zero-order valence-corrected chi connectivity index (χ0v) is 19.0. The number of nitrogens with zero attached hydrogens (tertiary/aromatic N) is 1. The van der Waals surface area contributed by atoms with E-state index in [1.165, 1.54) is 12.4 Å². The minimum absolute atomic E-state index is 0.0662. The predicted octanol–water partition coefficient (Wildman–Crippen LogP) is 3.37. The lowest BCUT2D eigenvalue weighted by atomic mass is 10.1. The normalized spacial score (nSPS) is 11.7. The number of nitrogens with one attached hydrogen (secondary N) is 2. The van der Waals surface area contributed by atoms with Gasteiger partial charge < -0.3 is 19.9 Å². The molecule has 0 saturated carbocycles. The number of methoxy groups -OCH3 is 1. The molecule has 0 radical (unpaired) electrons. The largest absolute Gasteiger partial charge is 0.383 e. The molecule has 0 aliphatic carbocycles. The Hall–Kier alpha value is -3.23. The molecule has 1 unspecified atom stereocenters. The summed E-state index contributed by atoms with van der Waals surface area (Å²) < 4.78 is 6.76. The van der Waals surface area contributed by atoms with Gasteiger partial charge in [0.2, 0.25) is 5.43 Å². The van der Waals surface area contributed by atoms with Crippen LogP contribution in [0.3, 0.4) is 0 Å². The van der Waals surface area contributed by atoms with E-state index in [2.05, 4.69) is 10.6 Å². The van der Waals surface area contributed by atoms with E-state index >= 15 is 0 Å². The van der Waals surface area contributed by atoms with Gasteiger partial charge in [-0.15, -0.1) is 11.3 Å². The third kappa shape index (κ3) is 5.93. The number of hydrogen-bond acceptors (Lipinski definition) is 5. The van der Waals surface area contributed by atoms with Gasteiger partial charge in [0.05, 0.1) is 12.6 Å². The van der Waals surface area contributed by atoms with Gasteiger partial charge in [0.25, 0.3) is 11.8 Å². The van der Waals surface area contributed by atoms with E-state index in [0.717, 1.165) is 10.4 Å². The standard InChI is InChI=1S/C24H27N3O4S/c1-3-20(21-10-7-13-32-21)26-24(30)19-16-27(11-12-31-2)15-18(22(19)28)23(29)25-14-17-8-5-4-6-9-17/h4-10,13,15-16,20H,3,11-12,14H2,1-2H3,(H,25,29)(H,26,30). The molecule has 7 nitrogen and oxygen atoms in total. The van der Waals surface area contributed by atoms with Gasteiger partial charge in [-0.2, -0.15) is 0 Å². The number of hydrogen-bond donors (Lipinski definition) is 2. The molecule has 0 fully saturated rings. The minimum Gasteiger partial charge on any atom is -0.383 e. The maximum absolute atomic E-state index is 13.1. The highest BCUT2D eigenvalue weighted by atomic mass is 32.1. The van der Waals surface area contributed by atoms with Gasteiger partial charge in [-0.25, -0.2) is 0 Å². The summed E-state index contributed by atoms with van der Waals surface area (Å²) in [6.45, 7) is 3.03. The van der Waals surface area contributed by atoms with E-state index in [1.54, 1.807) is 23.0 Å². The number of amides is 2. The van der Waals surface area contributed by atoms with Crippen LogP contribution in [0.4, 0.5) is 0 Å². The van der Waals surface area contributed by atoms with E-state index in [-0.39, 0.29) is 23.7 Å². The molecule has 8 heteroatoms. The first kappa shape index (κ1) is 23.4. The van der Waals surface area contributed by atoms with Gasteiger partial charge in [0.15, 0.2) is 0 Å². The van der Waals surface area contributed by atoms with Crippen molar-refractivity contribution in [2.45, 2.75) is 32.5 Å². The number of ether oxygens (including phenoxy) is 1. The summed E-state index contributed by atoms with van der Waals surface area (Å²) in [4.78, 5) is 39.9. The second-order valence-electron chi connectivity index (χ2n) is 7.26. The fourth-order valence-corrected chi connectivity index (χ4v) is 4.12. The number of pyridine rings is 1. The molecule has 3 rings (SSSR count).